The highest BCUT2D eigenvalue weighted by Gasteiger charge is 2.24. The average Bonchev–Trinajstić information content (AvgIpc) is 2.67. The third-order valence-corrected chi connectivity index (χ3v) is 4.76. The van der Waals surface area contributed by atoms with Gasteiger partial charge in [0.2, 0.25) is 5.91 Å². The van der Waals surface area contributed by atoms with Gasteiger partial charge in [-0.25, -0.2) is 4.98 Å². The van der Waals surface area contributed by atoms with Crippen LogP contribution in [0.5, 0.6) is 5.75 Å². The molecule has 6 heteroatoms. The molecule has 0 spiro atoms. The van der Waals surface area contributed by atoms with Crippen LogP contribution in [-0.4, -0.2) is 34.4 Å². The quantitative estimate of drug-likeness (QED) is 0.809. The summed E-state index contributed by atoms with van der Waals surface area (Å²) >= 11 is 0. The molecule has 1 N–H and O–H groups in total. The number of nitrogens with one attached hydrogen (secondary N) is 1. The zero-order valence-corrected chi connectivity index (χ0v) is 15.4. The van der Waals surface area contributed by atoms with Gasteiger partial charge in [0, 0.05) is 24.9 Å². The maximum absolute atomic E-state index is 12.6. The van der Waals surface area contributed by atoms with Crippen LogP contribution in [0, 0.1) is 0 Å². The van der Waals surface area contributed by atoms with E-state index in [4.69, 9.17) is 4.74 Å². The number of nitrogens with zero attached hydrogens (tertiary/aromatic N) is 2. The number of aromatic amines is 1. The van der Waals surface area contributed by atoms with Crippen LogP contribution in [0.1, 0.15) is 43.9 Å². The van der Waals surface area contributed by atoms with Gasteiger partial charge >= 0.3 is 0 Å². The van der Waals surface area contributed by atoms with Crippen LogP contribution in [0.3, 0.4) is 0 Å². The minimum atomic E-state index is -0.168. The summed E-state index contributed by atoms with van der Waals surface area (Å²) in [5.74, 6) is 1.38. The van der Waals surface area contributed by atoms with Crippen LogP contribution >= 0.6 is 0 Å². The molecule has 0 saturated heterocycles. The highest BCUT2D eigenvalue weighted by molar-refractivity contribution is 5.76. The molecule has 3 rings (SSSR count). The molecule has 0 saturated carbocycles. The van der Waals surface area contributed by atoms with Crippen molar-refractivity contribution >= 4 is 5.91 Å². The molecule has 138 valence electrons. The summed E-state index contributed by atoms with van der Waals surface area (Å²) in [6.45, 7) is 3.08. The Hall–Kier alpha value is -2.63. The molecule has 0 unspecified atom stereocenters. The molecule has 1 aliphatic rings. The summed E-state index contributed by atoms with van der Waals surface area (Å²) in [7, 11) is 1.61. The summed E-state index contributed by atoms with van der Waals surface area (Å²) in [5, 5.41) is 0. The first kappa shape index (κ1) is 18.2. The van der Waals surface area contributed by atoms with Crippen LogP contribution in [0.15, 0.2) is 29.1 Å². The van der Waals surface area contributed by atoms with Gasteiger partial charge in [0.05, 0.1) is 24.9 Å². The number of amides is 1. The van der Waals surface area contributed by atoms with Crippen LogP contribution in [0.2, 0.25) is 0 Å². The number of hydrogen-bond acceptors (Lipinski definition) is 4. The number of ether oxygens (including phenoxy) is 1. The van der Waals surface area contributed by atoms with Crippen molar-refractivity contribution in [2.24, 2.45) is 0 Å². The molecule has 2 heterocycles. The molecule has 2 aromatic rings. The standard InChI is InChI=1S/C20H25N3O3/c1-3-4-5-9-18(24)23-11-10-17-16(13-23)20(25)22-19(21-17)14-7-6-8-15(12-14)26-2/h6-8,12H,3-5,9-11,13H2,1-2H3,(H,21,22,25). The number of carbonyl (C=O) groups excluding carboxylic acids is 1. The van der Waals surface area contributed by atoms with E-state index in [1.54, 1.807) is 12.0 Å². The second kappa shape index (κ2) is 8.17. The van der Waals surface area contributed by atoms with Gasteiger partial charge in [0.1, 0.15) is 11.6 Å². The molecule has 1 aromatic carbocycles. The Bertz CT molecular complexity index is 844. The van der Waals surface area contributed by atoms with Crippen LogP contribution in [-0.2, 0) is 17.8 Å². The predicted molar refractivity (Wildman–Crippen MR) is 100 cm³/mol. The van der Waals surface area contributed by atoms with Crippen molar-refractivity contribution in [3.63, 3.8) is 0 Å². The monoisotopic (exact) mass is 355 g/mol. The number of rotatable bonds is 6. The molecule has 0 bridgehead atoms. The third-order valence-electron chi connectivity index (χ3n) is 4.76. The van der Waals surface area contributed by atoms with Gasteiger partial charge in [-0.05, 0) is 18.6 Å². The molecule has 1 amide bonds. The molecular weight excluding hydrogens is 330 g/mol. The number of H-pyrrole nitrogens is 1. The minimum absolute atomic E-state index is 0.125. The largest absolute Gasteiger partial charge is 0.497 e. The molecule has 1 aromatic heterocycles. The first-order chi connectivity index (χ1) is 12.6. The fourth-order valence-electron chi connectivity index (χ4n) is 3.23. The molecule has 6 nitrogen and oxygen atoms in total. The van der Waals surface area contributed by atoms with Crippen molar-refractivity contribution in [3.05, 3.63) is 45.9 Å². The third kappa shape index (κ3) is 3.95. The fourth-order valence-corrected chi connectivity index (χ4v) is 3.23. The SMILES string of the molecule is CCCCCC(=O)N1CCc2nc(-c3cccc(OC)c3)[nH]c(=O)c2C1. The summed E-state index contributed by atoms with van der Waals surface area (Å²) in [6.07, 6.45) is 4.21. The van der Waals surface area contributed by atoms with Crippen LogP contribution < -0.4 is 10.3 Å². The van der Waals surface area contributed by atoms with Gasteiger partial charge < -0.3 is 14.6 Å². The summed E-state index contributed by atoms with van der Waals surface area (Å²) < 4.78 is 5.24. The molecule has 26 heavy (non-hydrogen) atoms. The van der Waals surface area contributed by atoms with Crippen molar-refractivity contribution in [3.8, 4) is 17.1 Å². The van der Waals surface area contributed by atoms with Gasteiger partial charge in [0.25, 0.3) is 5.56 Å². The number of aromatic nitrogens is 2. The Balaban J connectivity index is 1.80. The number of unbranched alkanes of at least 4 members (excludes halogenated alkanes) is 2. The van der Waals surface area contributed by atoms with E-state index in [0.29, 0.717) is 43.1 Å². The van der Waals surface area contributed by atoms with Gasteiger partial charge in [-0.1, -0.05) is 31.9 Å². The Kier molecular flexibility index (Phi) is 5.71. The van der Waals surface area contributed by atoms with E-state index in [2.05, 4.69) is 16.9 Å². The maximum atomic E-state index is 12.6. The Morgan fingerprint density at radius 3 is 2.96 bits per heavy atom. The first-order valence-corrected chi connectivity index (χ1v) is 9.16. The minimum Gasteiger partial charge on any atom is -0.497 e. The number of methoxy groups -OCH3 is 1. The van der Waals surface area contributed by atoms with E-state index < -0.39 is 0 Å². The van der Waals surface area contributed by atoms with Crippen molar-refractivity contribution in [1.82, 2.24) is 14.9 Å². The van der Waals surface area contributed by atoms with E-state index in [9.17, 15) is 9.59 Å². The maximum Gasteiger partial charge on any atom is 0.256 e. The van der Waals surface area contributed by atoms with Gasteiger partial charge in [0.15, 0.2) is 0 Å². The lowest BCUT2D eigenvalue weighted by molar-refractivity contribution is -0.132. The molecular formula is C20H25N3O3. The Morgan fingerprint density at radius 1 is 1.35 bits per heavy atom. The lowest BCUT2D eigenvalue weighted by atomic mass is 10.1. The van der Waals surface area contributed by atoms with E-state index in [0.717, 1.165) is 30.5 Å². The lowest BCUT2D eigenvalue weighted by Gasteiger charge is -2.28. The zero-order chi connectivity index (χ0) is 18.5. The average molecular weight is 355 g/mol. The number of carbonyl (C=O) groups is 1. The molecule has 0 atom stereocenters. The topological polar surface area (TPSA) is 75.3 Å². The first-order valence-electron chi connectivity index (χ1n) is 9.16. The van der Waals surface area contributed by atoms with Crippen LogP contribution in [0.25, 0.3) is 11.4 Å². The second-order valence-corrected chi connectivity index (χ2v) is 6.59. The number of hydrogen-bond donors (Lipinski definition) is 1. The number of benzene rings is 1. The fraction of sp³-hybridized carbons (Fsp3) is 0.450. The molecule has 0 fully saturated rings. The van der Waals surface area contributed by atoms with Gasteiger partial charge in [-0.15, -0.1) is 0 Å². The molecule has 0 aliphatic carbocycles. The van der Waals surface area contributed by atoms with E-state index in [-0.39, 0.29) is 11.5 Å². The summed E-state index contributed by atoms with van der Waals surface area (Å²) in [4.78, 5) is 34.2. The van der Waals surface area contributed by atoms with Crippen molar-refractivity contribution < 1.29 is 9.53 Å². The highest BCUT2D eigenvalue weighted by atomic mass is 16.5. The zero-order valence-electron chi connectivity index (χ0n) is 15.4. The highest BCUT2D eigenvalue weighted by Crippen LogP contribution is 2.22. The second-order valence-electron chi connectivity index (χ2n) is 6.59. The van der Waals surface area contributed by atoms with E-state index in [1.807, 2.05) is 24.3 Å². The Labute approximate surface area is 153 Å². The predicted octanol–water partition coefficient (Wildman–Crippen LogP) is 2.91. The smallest absolute Gasteiger partial charge is 0.256 e. The summed E-state index contributed by atoms with van der Waals surface area (Å²) in [5.41, 5.74) is 2.03. The molecule has 1 aliphatic heterocycles. The molecule has 0 radical (unpaired) electrons. The normalized spacial score (nSPS) is 13.4. The lowest BCUT2D eigenvalue weighted by Crippen LogP contribution is -2.39. The van der Waals surface area contributed by atoms with Gasteiger partial charge in [-0.3, -0.25) is 9.59 Å². The van der Waals surface area contributed by atoms with E-state index >= 15 is 0 Å². The van der Waals surface area contributed by atoms with Gasteiger partial charge in [-0.2, -0.15) is 0 Å². The summed E-state index contributed by atoms with van der Waals surface area (Å²) in [6, 6.07) is 7.45. The Morgan fingerprint density at radius 2 is 2.19 bits per heavy atom. The van der Waals surface area contributed by atoms with Crippen molar-refractivity contribution in [1.29, 1.82) is 0 Å². The van der Waals surface area contributed by atoms with Crippen molar-refractivity contribution in [2.45, 2.75) is 45.6 Å². The number of fused-ring (bicyclic) bond motifs is 1. The van der Waals surface area contributed by atoms with Crippen LogP contribution in [0.4, 0.5) is 0 Å². The van der Waals surface area contributed by atoms with E-state index in [1.165, 1.54) is 0 Å². The van der Waals surface area contributed by atoms with Crippen molar-refractivity contribution in [2.75, 3.05) is 13.7 Å².